The Bertz CT molecular complexity index is 96.5. The standard InChI is InChI=1S/C9H22N2O/c1-8(10)4-3-5-9(2)11-6-7-12/h8-9,11-12H,3-7,10H2,1-2H3. The van der Waals surface area contributed by atoms with E-state index in [1.807, 2.05) is 6.92 Å². The van der Waals surface area contributed by atoms with Crippen molar-refractivity contribution < 1.29 is 5.11 Å². The summed E-state index contributed by atoms with van der Waals surface area (Å²) in [5, 5.41) is 11.8. The summed E-state index contributed by atoms with van der Waals surface area (Å²) >= 11 is 0. The van der Waals surface area contributed by atoms with Crippen LogP contribution in [-0.2, 0) is 0 Å². The molecule has 0 aromatic heterocycles. The van der Waals surface area contributed by atoms with Crippen molar-refractivity contribution in [3.63, 3.8) is 0 Å². The maximum absolute atomic E-state index is 8.55. The van der Waals surface area contributed by atoms with Crippen molar-refractivity contribution in [2.24, 2.45) is 5.73 Å². The lowest BCUT2D eigenvalue weighted by Crippen LogP contribution is -2.29. The van der Waals surface area contributed by atoms with E-state index in [-0.39, 0.29) is 6.61 Å². The Hall–Kier alpha value is -0.120. The van der Waals surface area contributed by atoms with Crippen molar-refractivity contribution in [2.45, 2.75) is 45.2 Å². The summed E-state index contributed by atoms with van der Waals surface area (Å²) < 4.78 is 0. The molecule has 0 aromatic rings. The zero-order chi connectivity index (χ0) is 9.40. The quantitative estimate of drug-likeness (QED) is 0.526. The van der Waals surface area contributed by atoms with Gasteiger partial charge < -0.3 is 16.2 Å². The number of hydrogen-bond acceptors (Lipinski definition) is 3. The van der Waals surface area contributed by atoms with Crippen LogP contribution < -0.4 is 11.1 Å². The molecule has 2 unspecified atom stereocenters. The molecule has 12 heavy (non-hydrogen) atoms. The van der Waals surface area contributed by atoms with E-state index >= 15 is 0 Å². The minimum Gasteiger partial charge on any atom is -0.395 e. The molecule has 0 saturated heterocycles. The molecule has 3 heteroatoms. The number of aliphatic hydroxyl groups excluding tert-OH is 1. The lowest BCUT2D eigenvalue weighted by atomic mass is 10.1. The SMILES string of the molecule is CC(N)CCCC(C)NCCO. The number of rotatable bonds is 7. The van der Waals surface area contributed by atoms with E-state index in [9.17, 15) is 0 Å². The average Bonchev–Trinajstić information content (AvgIpc) is 2.00. The van der Waals surface area contributed by atoms with E-state index in [2.05, 4.69) is 12.2 Å². The molecule has 0 aliphatic rings. The fourth-order valence-corrected chi connectivity index (χ4v) is 1.16. The number of nitrogens with two attached hydrogens (primary N) is 1. The normalized spacial score (nSPS) is 16.0. The van der Waals surface area contributed by atoms with Crippen molar-refractivity contribution in [2.75, 3.05) is 13.2 Å². The lowest BCUT2D eigenvalue weighted by Gasteiger charge is -2.13. The number of aliphatic hydroxyl groups is 1. The Morgan fingerprint density at radius 3 is 2.50 bits per heavy atom. The Kier molecular flexibility index (Phi) is 7.45. The van der Waals surface area contributed by atoms with Crippen LogP contribution in [0.15, 0.2) is 0 Å². The summed E-state index contributed by atoms with van der Waals surface area (Å²) in [6.45, 7) is 5.08. The first-order valence-electron chi connectivity index (χ1n) is 4.76. The van der Waals surface area contributed by atoms with Gasteiger partial charge in [-0.3, -0.25) is 0 Å². The highest BCUT2D eigenvalue weighted by Gasteiger charge is 2.00. The molecule has 0 radical (unpaired) electrons. The molecular formula is C9H22N2O. The molecule has 4 N–H and O–H groups in total. The highest BCUT2D eigenvalue weighted by Crippen LogP contribution is 2.01. The largest absolute Gasteiger partial charge is 0.395 e. The van der Waals surface area contributed by atoms with Crippen molar-refractivity contribution in [1.82, 2.24) is 5.32 Å². The number of hydrogen-bond donors (Lipinski definition) is 3. The monoisotopic (exact) mass is 174 g/mol. The third kappa shape index (κ3) is 7.98. The lowest BCUT2D eigenvalue weighted by molar-refractivity contribution is 0.283. The minimum absolute atomic E-state index is 0.220. The van der Waals surface area contributed by atoms with Crippen LogP contribution in [0.5, 0.6) is 0 Å². The first-order chi connectivity index (χ1) is 5.66. The molecule has 3 nitrogen and oxygen atoms in total. The summed E-state index contributed by atoms with van der Waals surface area (Å²) in [5.41, 5.74) is 5.62. The predicted molar refractivity (Wildman–Crippen MR) is 52.1 cm³/mol. The van der Waals surface area contributed by atoms with Crippen molar-refractivity contribution >= 4 is 0 Å². The molecule has 0 amide bonds. The predicted octanol–water partition coefficient (Wildman–Crippen LogP) is 0.474. The smallest absolute Gasteiger partial charge is 0.0556 e. The van der Waals surface area contributed by atoms with Crippen LogP contribution in [0.3, 0.4) is 0 Å². The van der Waals surface area contributed by atoms with Gasteiger partial charge in [0.05, 0.1) is 6.61 Å². The van der Waals surface area contributed by atoms with Crippen LogP contribution in [0.25, 0.3) is 0 Å². The second kappa shape index (κ2) is 7.53. The van der Waals surface area contributed by atoms with E-state index in [4.69, 9.17) is 10.8 Å². The zero-order valence-electron chi connectivity index (χ0n) is 8.21. The van der Waals surface area contributed by atoms with Gasteiger partial charge in [-0.2, -0.15) is 0 Å². The van der Waals surface area contributed by atoms with Gasteiger partial charge in [0.15, 0.2) is 0 Å². The summed E-state index contributed by atoms with van der Waals surface area (Å²) in [6, 6.07) is 0.811. The van der Waals surface area contributed by atoms with Gasteiger partial charge in [0.25, 0.3) is 0 Å². The van der Waals surface area contributed by atoms with Gasteiger partial charge in [0.2, 0.25) is 0 Å². The molecule has 2 atom stereocenters. The third-order valence-corrected chi connectivity index (χ3v) is 1.90. The van der Waals surface area contributed by atoms with Gasteiger partial charge in [0, 0.05) is 18.6 Å². The molecule has 0 rings (SSSR count). The summed E-state index contributed by atoms with van der Waals surface area (Å²) in [7, 11) is 0. The Morgan fingerprint density at radius 2 is 2.00 bits per heavy atom. The Morgan fingerprint density at radius 1 is 1.33 bits per heavy atom. The van der Waals surface area contributed by atoms with E-state index in [1.165, 1.54) is 0 Å². The van der Waals surface area contributed by atoms with Crippen LogP contribution in [0.2, 0.25) is 0 Å². The maximum Gasteiger partial charge on any atom is 0.0556 e. The molecule has 0 heterocycles. The molecule has 0 fully saturated rings. The Labute approximate surface area is 75.3 Å². The third-order valence-electron chi connectivity index (χ3n) is 1.90. The molecule has 0 spiro atoms. The number of nitrogens with one attached hydrogen (secondary N) is 1. The van der Waals surface area contributed by atoms with E-state index in [0.717, 1.165) is 19.3 Å². The first-order valence-corrected chi connectivity index (χ1v) is 4.76. The topological polar surface area (TPSA) is 58.3 Å². The fourth-order valence-electron chi connectivity index (χ4n) is 1.16. The van der Waals surface area contributed by atoms with Crippen LogP contribution >= 0.6 is 0 Å². The first kappa shape index (κ1) is 11.9. The summed E-state index contributed by atoms with van der Waals surface area (Å²) in [4.78, 5) is 0. The van der Waals surface area contributed by atoms with Gasteiger partial charge in [-0.15, -0.1) is 0 Å². The molecule has 0 bridgehead atoms. The molecule has 0 saturated carbocycles. The van der Waals surface area contributed by atoms with Gasteiger partial charge >= 0.3 is 0 Å². The van der Waals surface area contributed by atoms with Gasteiger partial charge in [-0.05, 0) is 26.7 Å². The molecule has 0 aliphatic heterocycles. The molecular weight excluding hydrogens is 152 g/mol. The van der Waals surface area contributed by atoms with E-state index in [0.29, 0.717) is 18.6 Å². The van der Waals surface area contributed by atoms with E-state index < -0.39 is 0 Å². The second-order valence-corrected chi connectivity index (χ2v) is 3.49. The van der Waals surface area contributed by atoms with Crippen LogP contribution in [-0.4, -0.2) is 30.3 Å². The van der Waals surface area contributed by atoms with Crippen LogP contribution in [0.1, 0.15) is 33.1 Å². The van der Waals surface area contributed by atoms with Crippen molar-refractivity contribution in [3.8, 4) is 0 Å². The maximum atomic E-state index is 8.55. The van der Waals surface area contributed by atoms with Crippen molar-refractivity contribution in [3.05, 3.63) is 0 Å². The second-order valence-electron chi connectivity index (χ2n) is 3.49. The molecule has 0 aliphatic carbocycles. The summed E-state index contributed by atoms with van der Waals surface area (Å²) in [6.07, 6.45) is 3.39. The van der Waals surface area contributed by atoms with Crippen LogP contribution in [0.4, 0.5) is 0 Å². The van der Waals surface area contributed by atoms with Gasteiger partial charge in [0.1, 0.15) is 0 Å². The fraction of sp³-hybridized carbons (Fsp3) is 1.00. The highest BCUT2D eigenvalue weighted by atomic mass is 16.3. The molecule has 74 valence electrons. The van der Waals surface area contributed by atoms with Gasteiger partial charge in [-0.25, -0.2) is 0 Å². The Balaban J connectivity index is 3.13. The average molecular weight is 174 g/mol. The van der Waals surface area contributed by atoms with E-state index in [1.54, 1.807) is 0 Å². The minimum atomic E-state index is 0.220. The highest BCUT2D eigenvalue weighted by molar-refractivity contribution is 4.62. The van der Waals surface area contributed by atoms with Crippen LogP contribution in [0, 0.1) is 0 Å². The van der Waals surface area contributed by atoms with Gasteiger partial charge in [-0.1, -0.05) is 6.42 Å². The summed E-state index contributed by atoms with van der Waals surface area (Å²) in [5.74, 6) is 0. The molecule has 0 aromatic carbocycles. The van der Waals surface area contributed by atoms with Crippen molar-refractivity contribution in [1.29, 1.82) is 0 Å². The zero-order valence-corrected chi connectivity index (χ0v) is 8.21.